The number of likely N-dealkylation sites (tertiary alicyclic amines) is 1. The van der Waals surface area contributed by atoms with E-state index in [2.05, 4.69) is 38.7 Å². The minimum absolute atomic E-state index is 0.0236. The molecule has 0 spiro atoms. The normalized spacial score (nSPS) is 20.0. The smallest absolute Gasteiger partial charge is 0.322 e. The maximum atomic E-state index is 12.8. The number of rotatable bonds is 11. The Morgan fingerprint density at radius 2 is 1.78 bits per heavy atom. The molecule has 1 aromatic heterocycles. The molecule has 0 radical (unpaired) electrons. The molecular formula is C30H34N8O7S. The van der Waals surface area contributed by atoms with Crippen molar-refractivity contribution in [1.29, 1.82) is 0 Å². The number of pyridine rings is 1. The molecule has 0 aliphatic carbocycles. The van der Waals surface area contributed by atoms with Crippen LogP contribution in [0.4, 0.5) is 10.5 Å². The first-order valence-corrected chi connectivity index (χ1v) is 15.3. The highest BCUT2D eigenvalue weighted by atomic mass is 32.1. The van der Waals surface area contributed by atoms with Crippen molar-refractivity contribution < 1.29 is 33.9 Å². The largest absolute Gasteiger partial charge is 0.480 e. The number of nitrogens with zero attached hydrogens (tertiary/aromatic N) is 5. The fourth-order valence-corrected chi connectivity index (χ4v) is 5.74. The first kappa shape index (κ1) is 32.6. The molecule has 3 aliphatic heterocycles. The molecule has 2 unspecified atom stereocenters. The van der Waals surface area contributed by atoms with E-state index in [9.17, 15) is 33.9 Å². The first-order chi connectivity index (χ1) is 22.0. The van der Waals surface area contributed by atoms with Crippen LogP contribution in [0, 0.1) is 5.92 Å². The third-order valence-corrected chi connectivity index (χ3v) is 8.35. The Balaban J connectivity index is 1.12. The van der Waals surface area contributed by atoms with Crippen LogP contribution in [-0.2, 0) is 37.1 Å². The summed E-state index contributed by atoms with van der Waals surface area (Å²) in [6.45, 7) is 2.46. The molecule has 2 aromatic rings. The molecule has 242 valence electrons. The van der Waals surface area contributed by atoms with Gasteiger partial charge in [-0.15, -0.1) is 0 Å². The lowest BCUT2D eigenvalue weighted by molar-refractivity contribution is -0.143. The molecule has 6 amide bonds. The minimum atomic E-state index is -1.21. The van der Waals surface area contributed by atoms with Crippen molar-refractivity contribution in [3.05, 3.63) is 59.4 Å². The van der Waals surface area contributed by atoms with Crippen LogP contribution in [0.5, 0.6) is 0 Å². The van der Waals surface area contributed by atoms with E-state index in [0.29, 0.717) is 24.5 Å². The highest BCUT2D eigenvalue weighted by Gasteiger charge is 2.41. The molecule has 3 aliphatic rings. The zero-order valence-corrected chi connectivity index (χ0v) is 25.9. The average Bonchev–Trinajstić information content (AvgIpc) is 3.58. The summed E-state index contributed by atoms with van der Waals surface area (Å²) in [6, 6.07) is 6.70. The third kappa shape index (κ3) is 7.34. The van der Waals surface area contributed by atoms with Crippen LogP contribution in [0.1, 0.15) is 36.5 Å². The van der Waals surface area contributed by atoms with Gasteiger partial charge in [-0.1, -0.05) is 19.1 Å². The number of anilines is 1. The molecule has 4 heterocycles. The predicted molar refractivity (Wildman–Crippen MR) is 168 cm³/mol. The van der Waals surface area contributed by atoms with E-state index in [1.165, 1.54) is 5.01 Å². The predicted octanol–water partition coefficient (Wildman–Crippen LogP) is 0.418. The van der Waals surface area contributed by atoms with Crippen LogP contribution >= 0.6 is 12.6 Å². The lowest BCUT2D eigenvalue weighted by Gasteiger charge is -2.28. The van der Waals surface area contributed by atoms with E-state index in [1.807, 2.05) is 25.1 Å². The minimum Gasteiger partial charge on any atom is -0.480 e. The van der Waals surface area contributed by atoms with Crippen molar-refractivity contribution in [2.75, 3.05) is 30.7 Å². The second-order valence-electron chi connectivity index (χ2n) is 11.3. The monoisotopic (exact) mass is 650 g/mol. The van der Waals surface area contributed by atoms with Gasteiger partial charge in [-0.2, -0.15) is 17.7 Å². The number of fused-ring (bicyclic) bond motifs is 1. The number of urea groups is 1. The number of carbonyl (C=O) groups excluding carboxylic acids is 5. The summed E-state index contributed by atoms with van der Waals surface area (Å²) >= 11 is 3.94. The Labute approximate surface area is 269 Å². The van der Waals surface area contributed by atoms with Gasteiger partial charge in [-0.25, -0.2) is 9.80 Å². The SMILES string of the molecule is CC1CC(=O)N(CCNC(=O)CN2C(=O)CC(N[C@@H](CS)C(=O)O)C2=O)N=C1c1ccc(NC(=O)N2Cc3ccncc3C2)cc1. The van der Waals surface area contributed by atoms with Crippen molar-refractivity contribution in [3.63, 3.8) is 0 Å². The van der Waals surface area contributed by atoms with E-state index in [1.54, 1.807) is 29.4 Å². The van der Waals surface area contributed by atoms with Gasteiger partial charge in [0.1, 0.15) is 12.6 Å². The number of hydrazone groups is 1. The van der Waals surface area contributed by atoms with Gasteiger partial charge in [0.15, 0.2) is 0 Å². The number of aromatic nitrogens is 1. The van der Waals surface area contributed by atoms with Gasteiger partial charge in [0.05, 0.1) is 24.7 Å². The highest BCUT2D eigenvalue weighted by molar-refractivity contribution is 7.80. The molecule has 1 aromatic carbocycles. The number of benzene rings is 1. The average molecular weight is 651 g/mol. The summed E-state index contributed by atoms with van der Waals surface area (Å²) in [5, 5.41) is 23.1. The van der Waals surface area contributed by atoms with Crippen LogP contribution in [-0.4, -0.2) is 104 Å². The Morgan fingerprint density at radius 3 is 2.48 bits per heavy atom. The zero-order valence-electron chi connectivity index (χ0n) is 25.0. The third-order valence-electron chi connectivity index (χ3n) is 7.98. The Hall–Kier alpha value is -4.83. The lowest BCUT2D eigenvalue weighted by Crippen LogP contribution is -2.49. The molecule has 0 saturated carbocycles. The summed E-state index contributed by atoms with van der Waals surface area (Å²) in [5.41, 5.74) is 4.17. The van der Waals surface area contributed by atoms with E-state index in [0.717, 1.165) is 21.6 Å². The van der Waals surface area contributed by atoms with Crippen LogP contribution in [0.25, 0.3) is 0 Å². The Kier molecular flexibility index (Phi) is 9.96. The number of imide groups is 1. The van der Waals surface area contributed by atoms with Crippen LogP contribution in [0.2, 0.25) is 0 Å². The first-order valence-electron chi connectivity index (χ1n) is 14.7. The second-order valence-corrected chi connectivity index (χ2v) is 11.6. The quantitative estimate of drug-likeness (QED) is 0.169. The fourth-order valence-electron chi connectivity index (χ4n) is 5.48. The zero-order chi connectivity index (χ0) is 33.0. The molecule has 1 saturated heterocycles. The molecule has 4 N–H and O–H groups in total. The maximum absolute atomic E-state index is 12.8. The number of aliphatic carboxylic acids is 1. The summed E-state index contributed by atoms with van der Waals surface area (Å²) in [6.07, 6.45) is 3.43. The summed E-state index contributed by atoms with van der Waals surface area (Å²) in [7, 11) is 0. The van der Waals surface area contributed by atoms with Gasteiger partial charge in [-0.3, -0.25) is 39.2 Å². The maximum Gasteiger partial charge on any atom is 0.322 e. The molecule has 0 bridgehead atoms. The van der Waals surface area contributed by atoms with Gasteiger partial charge in [0.2, 0.25) is 23.6 Å². The van der Waals surface area contributed by atoms with E-state index in [4.69, 9.17) is 0 Å². The molecule has 15 nitrogen and oxygen atoms in total. The molecule has 5 rings (SSSR count). The molecule has 46 heavy (non-hydrogen) atoms. The standard InChI is InChI=1S/C30H34N8O7S/c1-17-10-26(41)38(9-8-32-24(39)15-37-25(40)11-22(28(37)42)34-23(16-46)29(43)44)35-27(17)18-2-4-21(5-3-18)33-30(45)36-13-19-6-7-31-12-20(19)14-36/h2-7,12,17,22-23,34,46H,8-11,13-16H2,1H3,(H,32,39)(H,33,45)(H,43,44)/t17?,22?,23-/m0/s1. The van der Waals surface area contributed by atoms with Gasteiger partial charge in [0.25, 0.3) is 0 Å². The number of thiol groups is 1. The summed E-state index contributed by atoms with van der Waals surface area (Å²) < 4.78 is 0. The van der Waals surface area contributed by atoms with Gasteiger partial charge >= 0.3 is 12.0 Å². The number of hydrogen-bond acceptors (Lipinski definition) is 10. The van der Waals surface area contributed by atoms with E-state index < -0.39 is 42.3 Å². The molecule has 1 fully saturated rings. The van der Waals surface area contributed by atoms with Gasteiger partial charge < -0.3 is 20.6 Å². The number of amides is 6. The van der Waals surface area contributed by atoms with Crippen LogP contribution in [0.15, 0.2) is 47.8 Å². The Morgan fingerprint density at radius 1 is 1.04 bits per heavy atom. The molecule has 16 heteroatoms. The number of carbonyl (C=O) groups is 6. The number of hydrogen-bond donors (Lipinski definition) is 5. The van der Waals surface area contributed by atoms with Crippen LogP contribution < -0.4 is 16.0 Å². The second kappa shape index (κ2) is 14.1. The van der Waals surface area contributed by atoms with Gasteiger partial charge in [-0.05, 0) is 34.9 Å². The van der Waals surface area contributed by atoms with Gasteiger partial charge in [0, 0.05) is 55.8 Å². The number of carboxylic acids is 1. The topological polar surface area (TPSA) is 194 Å². The fraction of sp³-hybridized carbons (Fsp3) is 0.400. The summed E-state index contributed by atoms with van der Waals surface area (Å²) in [4.78, 5) is 80.8. The van der Waals surface area contributed by atoms with Crippen molar-refractivity contribution >= 4 is 59.7 Å². The van der Waals surface area contributed by atoms with E-state index in [-0.39, 0.29) is 49.5 Å². The Bertz CT molecular complexity index is 1560. The van der Waals surface area contributed by atoms with E-state index >= 15 is 0 Å². The van der Waals surface area contributed by atoms with Crippen LogP contribution in [0.3, 0.4) is 0 Å². The van der Waals surface area contributed by atoms with Crippen molar-refractivity contribution in [3.8, 4) is 0 Å². The summed E-state index contributed by atoms with van der Waals surface area (Å²) in [5.74, 6) is -3.56. The van der Waals surface area contributed by atoms with Crippen molar-refractivity contribution in [2.45, 2.75) is 44.9 Å². The molecular weight excluding hydrogens is 616 g/mol. The number of nitrogens with one attached hydrogen (secondary N) is 3. The van der Waals surface area contributed by atoms with Crippen molar-refractivity contribution in [1.82, 2.24) is 30.4 Å². The molecule has 3 atom stereocenters. The van der Waals surface area contributed by atoms with Crippen molar-refractivity contribution in [2.24, 2.45) is 11.0 Å². The highest BCUT2D eigenvalue weighted by Crippen LogP contribution is 2.24. The number of carboxylic acid groups (broad SMARTS) is 1. The lowest BCUT2D eigenvalue weighted by atomic mass is 9.93.